The highest BCUT2D eigenvalue weighted by molar-refractivity contribution is 6.09. The molecule has 1 atom stereocenters. The molecule has 3 aromatic heterocycles. The van der Waals surface area contributed by atoms with Crippen LogP contribution in [-0.2, 0) is 0 Å². The number of H-pyrrole nitrogens is 1. The van der Waals surface area contributed by atoms with Gasteiger partial charge in [0, 0.05) is 31.7 Å². The number of anilines is 2. The highest BCUT2D eigenvalue weighted by Gasteiger charge is 2.42. The summed E-state index contributed by atoms with van der Waals surface area (Å²) in [6, 6.07) is 1.68. The van der Waals surface area contributed by atoms with Crippen LogP contribution in [0.25, 0.3) is 5.65 Å². The Labute approximate surface area is 151 Å². The number of fused-ring (bicyclic) bond motifs is 1. The van der Waals surface area contributed by atoms with E-state index in [0.29, 0.717) is 30.1 Å². The molecule has 1 saturated heterocycles. The summed E-state index contributed by atoms with van der Waals surface area (Å²) in [5.74, 6) is -1.58. The minimum atomic E-state index is -4.25. The van der Waals surface area contributed by atoms with Gasteiger partial charge in [0.2, 0.25) is 0 Å². The van der Waals surface area contributed by atoms with Crippen LogP contribution < -0.4 is 10.2 Å². The van der Waals surface area contributed by atoms with Crippen LogP contribution >= 0.6 is 0 Å². The van der Waals surface area contributed by atoms with Crippen molar-refractivity contribution in [1.29, 1.82) is 0 Å². The van der Waals surface area contributed by atoms with Gasteiger partial charge < -0.3 is 10.2 Å². The topological polar surface area (TPSA) is 91.2 Å². The molecule has 4 rings (SSSR count). The summed E-state index contributed by atoms with van der Waals surface area (Å²) in [6.07, 6.45) is 2.29. The Kier molecular flexibility index (Phi) is 4.21. The van der Waals surface area contributed by atoms with Gasteiger partial charge in [-0.2, -0.15) is 23.4 Å². The normalized spacial score (nSPS) is 18.0. The number of aromatic nitrogens is 5. The lowest BCUT2D eigenvalue weighted by Crippen LogP contribution is -2.42. The third-order valence-electron chi connectivity index (χ3n) is 4.58. The number of amides is 1. The van der Waals surface area contributed by atoms with E-state index in [2.05, 4.69) is 25.6 Å². The van der Waals surface area contributed by atoms with Crippen LogP contribution in [-0.4, -0.2) is 50.0 Å². The van der Waals surface area contributed by atoms with Gasteiger partial charge in [0.25, 0.3) is 5.91 Å². The Morgan fingerprint density at radius 3 is 3.04 bits per heavy atom. The molecule has 0 aliphatic carbocycles. The number of carbonyl (C=O) groups excluding carboxylic acids is 1. The second-order valence-electron chi connectivity index (χ2n) is 6.35. The Morgan fingerprint density at radius 1 is 1.37 bits per heavy atom. The molecule has 1 unspecified atom stereocenters. The third-order valence-corrected chi connectivity index (χ3v) is 4.58. The SMILES string of the molecule is O=C(Nc1c[nH]nc1N1CCCC(C(F)(F)F)C1)c1cnn2cccnc12. The molecular weight excluding hydrogens is 363 g/mol. The van der Waals surface area contributed by atoms with E-state index in [4.69, 9.17) is 0 Å². The molecular formula is C16H16F3N7O. The second-order valence-corrected chi connectivity index (χ2v) is 6.35. The molecule has 0 bridgehead atoms. The van der Waals surface area contributed by atoms with E-state index in [0.717, 1.165) is 0 Å². The maximum Gasteiger partial charge on any atom is 0.393 e. The molecule has 4 heterocycles. The van der Waals surface area contributed by atoms with Crippen LogP contribution in [0.3, 0.4) is 0 Å². The van der Waals surface area contributed by atoms with Crippen molar-refractivity contribution in [2.75, 3.05) is 23.3 Å². The zero-order valence-electron chi connectivity index (χ0n) is 14.1. The first kappa shape index (κ1) is 17.3. The van der Waals surface area contributed by atoms with E-state index in [9.17, 15) is 18.0 Å². The summed E-state index contributed by atoms with van der Waals surface area (Å²) in [7, 11) is 0. The maximum absolute atomic E-state index is 13.1. The van der Waals surface area contributed by atoms with Crippen molar-refractivity contribution < 1.29 is 18.0 Å². The van der Waals surface area contributed by atoms with E-state index < -0.39 is 18.0 Å². The number of carbonyl (C=O) groups is 1. The predicted molar refractivity (Wildman–Crippen MR) is 90.5 cm³/mol. The molecule has 1 aliphatic rings. The highest BCUT2D eigenvalue weighted by Crippen LogP contribution is 2.36. The summed E-state index contributed by atoms with van der Waals surface area (Å²) in [4.78, 5) is 18.3. The molecule has 1 fully saturated rings. The van der Waals surface area contributed by atoms with E-state index in [1.807, 2.05) is 0 Å². The number of nitrogens with zero attached hydrogens (tertiary/aromatic N) is 5. The Morgan fingerprint density at radius 2 is 2.22 bits per heavy atom. The van der Waals surface area contributed by atoms with Crippen LogP contribution in [0.2, 0.25) is 0 Å². The number of aromatic amines is 1. The summed E-state index contributed by atoms with van der Waals surface area (Å²) < 4.78 is 40.6. The van der Waals surface area contributed by atoms with Gasteiger partial charge in [-0.05, 0) is 18.9 Å². The highest BCUT2D eigenvalue weighted by atomic mass is 19.4. The minimum Gasteiger partial charge on any atom is -0.353 e. The Balaban J connectivity index is 1.55. The van der Waals surface area contributed by atoms with E-state index >= 15 is 0 Å². The molecule has 1 aliphatic heterocycles. The minimum absolute atomic E-state index is 0.0974. The quantitative estimate of drug-likeness (QED) is 0.730. The molecule has 0 aromatic carbocycles. The molecule has 27 heavy (non-hydrogen) atoms. The second kappa shape index (κ2) is 6.56. The van der Waals surface area contributed by atoms with Crippen LogP contribution in [0.4, 0.5) is 24.7 Å². The summed E-state index contributed by atoms with van der Waals surface area (Å²) in [5.41, 5.74) is 0.961. The van der Waals surface area contributed by atoms with E-state index in [-0.39, 0.29) is 18.5 Å². The van der Waals surface area contributed by atoms with Crippen LogP contribution in [0.1, 0.15) is 23.2 Å². The molecule has 0 radical (unpaired) electrons. The smallest absolute Gasteiger partial charge is 0.353 e. The van der Waals surface area contributed by atoms with Gasteiger partial charge in [-0.25, -0.2) is 9.50 Å². The number of halogens is 3. The Hall–Kier alpha value is -3.11. The summed E-state index contributed by atoms with van der Waals surface area (Å²) in [6.45, 7) is 0.258. The monoisotopic (exact) mass is 379 g/mol. The lowest BCUT2D eigenvalue weighted by atomic mass is 9.97. The average Bonchev–Trinajstić information content (AvgIpc) is 3.28. The predicted octanol–water partition coefficient (Wildman–Crippen LogP) is 2.48. The van der Waals surface area contributed by atoms with Crippen molar-refractivity contribution in [2.45, 2.75) is 19.0 Å². The van der Waals surface area contributed by atoms with Crippen molar-refractivity contribution in [3.05, 3.63) is 36.4 Å². The first-order chi connectivity index (χ1) is 12.9. The molecule has 1 amide bonds. The Bertz CT molecular complexity index is 964. The van der Waals surface area contributed by atoms with E-state index in [1.54, 1.807) is 23.4 Å². The van der Waals surface area contributed by atoms with E-state index in [1.165, 1.54) is 16.9 Å². The molecule has 8 nitrogen and oxygen atoms in total. The molecule has 11 heteroatoms. The van der Waals surface area contributed by atoms with Gasteiger partial charge in [0.15, 0.2) is 11.5 Å². The van der Waals surface area contributed by atoms with Gasteiger partial charge >= 0.3 is 6.18 Å². The fourth-order valence-corrected chi connectivity index (χ4v) is 3.23. The standard InChI is InChI=1S/C16H16F3N7O/c17-16(18,19)10-3-1-5-25(9-10)14-12(8-21-24-14)23-15(27)11-7-22-26-6-2-4-20-13(11)26/h2,4,6-8,10H,1,3,5,9H2,(H,21,24)(H,23,27). The zero-order valence-corrected chi connectivity index (χ0v) is 14.1. The number of hydrogen-bond acceptors (Lipinski definition) is 5. The van der Waals surface area contributed by atoms with Crippen molar-refractivity contribution in [3.63, 3.8) is 0 Å². The zero-order chi connectivity index (χ0) is 19.0. The molecule has 0 saturated carbocycles. The van der Waals surface area contributed by atoms with Gasteiger partial charge in [-0.3, -0.25) is 9.89 Å². The summed E-state index contributed by atoms with van der Waals surface area (Å²) in [5, 5.41) is 13.4. The van der Waals surface area contributed by atoms with Crippen molar-refractivity contribution >= 4 is 23.1 Å². The van der Waals surface area contributed by atoms with Gasteiger partial charge in [0.05, 0.1) is 12.1 Å². The number of piperidine rings is 1. The largest absolute Gasteiger partial charge is 0.393 e. The van der Waals surface area contributed by atoms with Crippen molar-refractivity contribution in [3.8, 4) is 0 Å². The lowest BCUT2D eigenvalue weighted by Gasteiger charge is -2.34. The number of nitrogens with one attached hydrogen (secondary N) is 2. The van der Waals surface area contributed by atoms with Crippen molar-refractivity contribution in [2.24, 2.45) is 5.92 Å². The van der Waals surface area contributed by atoms with Crippen molar-refractivity contribution in [1.82, 2.24) is 24.8 Å². The molecule has 0 spiro atoms. The average molecular weight is 379 g/mol. The van der Waals surface area contributed by atoms with Crippen LogP contribution in [0.5, 0.6) is 0 Å². The number of alkyl halides is 3. The van der Waals surface area contributed by atoms with Crippen LogP contribution in [0.15, 0.2) is 30.9 Å². The fraction of sp³-hybridized carbons (Fsp3) is 0.375. The first-order valence-electron chi connectivity index (χ1n) is 8.38. The fourth-order valence-electron chi connectivity index (χ4n) is 3.23. The molecule has 142 valence electrons. The number of hydrogen-bond donors (Lipinski definition) is 2. The first-order valence-corrected chi connectivity index (χ1v) is 8.38. The molecule has 2 N–H and O–H groups in total. The van der Waals surface area contributed by atoms with Gasteiger partial charge in [0.1, 0.15) is 11.3 Å². The maximum atomic E-state index is 13.1. The van der Waals surface area contributed by atoms with Crippen LogP contribution in [0, 0.1) is 5.92 Å². The lowest BCUT2D eigenvalue weighted by molar-refractivity contribution is -0.176. The third kappa shape index (κ3) is 3.32. The molecule has 3 aromatic rings. The summed E-state index contributed by atoms with van der Waals surface area (Å²) >= 11 is 0. The van der Waals surface area contributed by atoms with Gasteiger partial charge in [-0.1, -0.05) is 0 Å². The van der Waals surface area contributed by atoms with Gasteiger partial charge in [-0.15, -0.1) is 0 Å². The number of rotatable bonds is 3.